The summed E-state index contributed by atoms with van der Waals surface area (Å²) in [5, 5.41) is 1.96. The number of quaternary nitrogens is 1. The molecule has 0 rings (SSSR count). The molecule has 0 radical (unpaired) electrons. The van der Waals surface area contributed by atoms with Gasteiger partial charge in [-0.3, -0.25) is 0 Å². The second kappa shape index (κ2) is 0.836. The number of hydrogen-bond donors (Lipinski definition) is 1. The molecular weight excluding hydrogens is 87.0 g/mol. The smallest absolute Gasteiger partial charge is 0.0943 e. The lowest BCUT2D eigenvalue weighted by molar-refractivity contribution is -1.39. The molecule has 0 heterocycles. The van der Waals surface area contributed by atoms with Gasteiger partial charge >= 0.3 is 5.31 Å². The number of nitrogens with zero attached hydrogens (tertiary/aromatic N) is 1. The highest BCUT2D eigenvalue weighted by Gasteiger charge is 2.24. The van der Waals surface area contributed by atoms with Gasteiger partial charge in [0.15, 0.2) is 0 Å². The first-order valence-electron chi connectivity index (χ1n) is 0.707. The second-order valence-corrected chi connectivity index (χ2v) is 0.418. The minimum atomic E-state index is -4.50. The van der Waals surface area contributed by atoms with E-state index in [1.54, 1.807) is 0 Å². The molecule has 32 valence electrons. The summed E-state index contributed by atoms with van der Waals surface area (Å²) in [6.07, 6.45) is 0. The molecule has 2 nitrogen and oxygen atoms in total. The fourth-order valence-corrected chi connectivity index (χ4v) is 0. The SMILES string of the molecule is O[N+](F)(F)F. The van der Waals surface area contributed by atoms with E-state index in [-0.39, 0.29) is 0 Å². The average Bonchev–Trinajstić information content (AvgIpc) is 0.722. The third kappa shape index (κ3) is 129. The van der Waals surface area contributed by atoms with Gasteiger partial charge in [0.2, 0.25) is 0 Å². The van der Waals surface area contributed by atoms with Crippen LogP contribution in [0, 0.1) is 0 Å². The minimum absolute atomic E-state index is 4.50. The molecule has 0 spiro atoms. The van der Waals surface area contributed by atoms with Crippen molar-refractivity contribution >= 4 is 0 Å². The van der Waals surface area contributed by atoms with Gasteiger partial charge in [0.1, 0.15) is 13.4 Å². The third-order valence-corrected chi connectivity index (χ3v) is 0. The zero-order chi connectivity index (χ0) is 4.50. The first kappa shape index (κ1) is 4.71. The molecule has 0 fully saturated rings. The number of halogens is 3. The average molecular weight is 88.0 g/mol. The molecule has 0 unspecified atom stereocenters. The molecule has 0 aliphatic carbocycles. The van der Waals surface area contributed by atoms with E-state index in [4.69, 9.17) is 5.21 Å². The minimum Gasteiger partial charge on any atom is -0.0943 e. The third-order valence-electron chi connectivity index (χ3n) is 0. The summed E-state index contributed by atoms with van der Waals surface area (Å²) in [7, 11) is 0. The number of rotatable bonds is 0. The van der Waals surface area contributed by atoms with Gasteiger partial charge in [-0.1, -0.05) is 5.21 Å². The Morgan fingerprint density at radius 2 is 1.20 bits per heavy atom. The molecule has 0 saturated heterocycles. The summed E-state index contributed by atoms with van der Waals surface area (Å²) in [6.45, 7) is 0. The molecular formula is HF3NO+. The Hall–Kier alpha value is -0.290. The van der Waals surface area contributed by atoms with Gasteiger partial charge in [0, 0.05) is 0 Å². The van der Waals surface area contributed by atoms with Crippen LogP contribution in [0.2, 0.25) is 0 Å². The van der Waals surface area contributed by atoms with Crippen molar-refractivity contribution in [3.8, 4) is 0 Å². The lowest BCUT2D eigenvalue weighted by Gasteiger charge is -1.77. The van der Waals surface area contributed by atoms with Crippen molar-refractivity contribution in [1.82, 2.24) is 0 Å². The summed E-state index contributed by atoms with van der Waals surface area (Å²) in [4.78, 5) is 0. The quantitative estimate of drug-likeness (QED) is 0.343. The van der Waals surface area contributed by atoms with Crippen LogP contribution >= 0.6 is 0 Å². The highest BCUT2D eigenvalue weighted by Crippen LogP contribution is 2.00. The molecule has 0 amide bonds. The summed E-state index contributed by atoms with van der Waals surface area (Å²) in [5.74, 6) is 0. The van der Waals surface area contributed by atoms with Crippen LogP contribution in [0.5, 0.6) is 0 Å². The summed E-state index contributed by atoms with van der Waals surface area (Å²) < 4.78 is 29.5. The zero-order valence-corrected chi connectivity index (χ0v) is 2.03. The van der Waals surface area contributed by atoms with E-state index in [2.05, 4.69) is 0 Å². The molecule has 0 aromatic heterocycles. The van der Waals surface area contributed by atoms with Crippen LogP contribution in [-0.2, 0) is 0 Å². The molecule has 0 saturated carbocycles. The fraction of sp³-hybridized carbons (Fsp3) is 0. The van der Waals surface area contributed by atoms with Gasteiger partial charge in [0.05, 0.1) is 0 Å². The standard InChI is InChI=1S/F3HNO/c1-4(2,3)5/h5H/q+1. The predicted molar refractivity (Wildman–Crippen MR) is 5.37 cm³/mol. The lowest BCUT2D eigenvalue weighted by atomic mass is 13.1. The summed E-state index contributed by atoms with van der Waals surface area (Å²) in [6, 6.07) is 0. The van der Waals surface area contributed by atoms with Crippen LogP contribution in [0.1, 0.15) is 0 Å². The Balaban J connectivity index is 3.02. The molecule has 0 aliphatic heterocycles. The fourth-order valence-electron chi connectivity index (χ4n) is 0. The van der Waals surface area contributed by atoms with E-state index < -0.39 is 5.31 Å². The van der Waals surface area contributed by atoms with Crippen molar-refractivity contribution in [2.75, 3.05) is 0 Å². The van der Waals surface area contributed by atoms with Crippen molar-refractivity contribution in [3.05, 3.63) is 0 Å². The second-order valence-electron chi connectivity index (χ2n) is 0.418. The molecule has 0 aromatic rings. The lowest BCUT2D eigenvalue weighted by Crippen LogP contribution is -2.09. The van der Waals surface area contributed by atoms with Gasteiger partial charge in [-0.15, -0.1) is 0 Å². The molecule has 5 heavy (non-hydrogen) atoms. The highest BCUT2D eigenvalue weighted by atomic mass is 19.6. The Bertz CT molecular complexity index is 22.4. The van der Waals surface area contributed by atoms with Crippen molar-refractivity contribution in [2.24, 2.45) is 0 Å². The van der Waals surface area contributed by atoms with Crippen LogP contribution in [0.4, 0.5) is 13.4 Å². The number of hydrogen-bond acceptors (Lipinski definition) is 1. The van der Waals surface area contributed by atoms with Crippen molar-refractivity contribution in [3.63, 3.8) is 0 Å². The first-order valence-corrected chi connectivity index (χ1v) is 0.707. The largest absolute Gasteiger partial charge is 0.392 e. The maximum Gasteiger partial charge on any atom is 0.392 e. The van der Waals surface area contributed by atoms with E-state index in [1.165, 1.54) is 0 Å². The molecule has 1 N–H and O–H groups in total. The van der Waals surface area contributed by atoms with Gasteiger partial charge in [-0.2, -0.15) is 0 Å². The van der Waals surface area contributed by atoms with E-state index in [9.17, 15) is 13.4 Å². The van der Waals surface area contributed by atoms with Crippen molar-refractivity contribution in [1.29, 1.82) is 0 Å². The Morgan fingerprint density at radius 3 is 1.20 bits per heavy atom. The molecule has 0 bridgehead atoms. The van der Waals surface area contributed by atoms with Crippen molar-refractivity contribution in [2.45, 2.75) is 0 Å². The van der Waals surface area contributed by atoms with Gasteiger partial charge in [-0.05, 0) is 0 Å². The first-order chi connectivity index (χ1) is 2.00. The molecule has 0 aliphatic rings. The topological polar surface area (TPSA) is 20.2 Å². The molecule has 5 heteroatoms. The van der Waals surface area contributed by atoms with Crippen LogP contribution < -0.4 is 0 Å². The highest BCUT2D eigenvalue weighted by molar-refractivity contribution is 2.69. The Morgan fingerprint density at radius 1 is 1.20 bits per heavy atom. The van der Waals surface area contributed by atoms with Crippen LogP contribution in [0.15, 0.2) is 0 Å². The maximum atomic E-state index is 9.85. The predicted octanol–water partition coefficient (Wildman–Crippen LogP) is 0.846. The van der Waals surface area contributed by atoms with E-state index >= 15 is 0 Å². The summed E-state index contributed by atoms with van der Waals surface area (Å²) in [5.41, 5.74) is 0. The van der Waals surface area contributed by atoms with E-state index in [0.29, 0.717) is 0 Å². The van der Waals surface area contributed by atoms with Crippen molar-refractivity contribution < 1.29 is 24.0 Å². The maximum absolute atomic E-state index is 9.85. The van der Waals surface area contributed by atoms with E-state index in [0.717, 1.165) is 0 Å². The Kier molecular flexibility index (Phi) is 0.787. The summed E-state index contributed by atoms with van der Waals surface area (Å²) >= 11 is 0. The Labute approximate surface area is 25.4 Å². The van der Waals surface area contributed by atoms with Gasteiger partial charge in [0.25, 0.3) is 0 Å². The zero-order valence-electron chi connectivity index (χ0n) is 2.03. The van der Waals surface area contributed by atoms with Crippen LogP contribution in [0.25, 0.3) is 0 Å². The van der Waals surface area contributed by atoms with Crippen LogP contribution in [0.3, 0.4) is 0 Å². The molecule has 0 atom stereocenters. The monoisotopic (exact) mass is 88.0 g/mol. The van der Waals surface area contributed by atoms with Gasteiger partial charge in [-0.25, -0.2) is 0 Å². The van der Waals surface area contributed by atoms with E-state index in [1.807, 2.05) is 0 Å². The van der Waals surface area contributed by atoms with Gasteiger partial charge < -0.3 is 0 Å². The normalized spacial score (nSPS) is 12.0. The molecule has 0 aromatic carbocycles. The van der Waals surface area contributed by atoms with Crippen LogP contribution in [-0.4, -0.2) is 10.5 Å².